The molecule has 3 rings (SSSR count). The average molecular weight is 587 g/mol. The second-order valence-corrected chi connectivity index (χ2v) is 10.6. The summed E-state index contributed by atoms with van der Waals surface area (Å²) in [4.78, 5) is 11.5. The van der Waals surface area contributed by atoms with Crippen LogP contribution in [0, 0.1) is 17.8 Å². The van der Waals surface area contributed by atoms with Gasteiger partial charge in [0.05, 0.1) is 70.7 Å². The molecule has 0 aromatic rings. The topological polar surface area (TPSA) is 266 Å². The van der Waals surface area contributed by atoms with Crippen LogP contribution < -0.4 is 0 Å². The van der Waals surface area contributed by atoms with Gasteiger partial charge in [0.15, 0.2) is 6.10 Å². The summed E-state index contributed by atoms with van der Waals surface area (Å²) in [5.74, 6) is -4.21. The molecule has 3 fully saturated rings. The van der Waals surface area contributed by atoms with Gasteiger partial charge in [-0.1, -0.05) is 0 Å². The molecule has 0 spiro atoms. The highest BCUT2D eigenvalue weighted by atomic mass is 16.6. The van der Waals surface area contributed by atoms with E-state index >= 15 is 0 Å². The van der Waals surface area contributed by atoms with Gasteiger partial charge in [-0.25, -0.2) is 4.79 Å². The van der Waals surface area contributed by atoms with Gasteiger partial charge in [-0.3, -0.25) is 0 Å². The van der Waals surface area contributed by atoms with E-state index in [9.17, 15) is 55.9 Å². The van der Waals surface area contributed by atoms with E-state index in [2.05, 4.69) is 0 Å². The molecule has 0 bridgehead atoms. The second-order valence-electron chi connectivity index (χ2n) is 10.6. The van der Waals surface area contributed by atoms with E-state index in [4.69, 9.17) is 23.7 Å². The van der Waals surface area contributed by atoms with E-state index in [1.165, 1.54) is 6.92 Å². The summed E-state index contributed by atoms with van der Waals surface area (Å²) < 4.78 is 27.8. The highest BCUT2D eigenvalue weighted by Gasteiger charge is 2.49. The summed E-state index contributed by atoms with van der Waals surface area (Å²) >= 11 is 0. The molecule has 10 N–H and O–H groups in total. The van der Waals surface area contributed by atoms with Crippen molar-refractivity contribution in [2.75, 3.05) is 46.2 Å². The first-order valence-electron chi connectivity index (χ1n) is 13.2. The van der Waals surface area contributed by atoms with Gasteiger partial charge in [0.25, 0.3) is 0 Å². The molecule has 9 unspecified atom stereocenters. The number of aliphatic hydroxyl groups excluding tert-OH is 9. The van der Waals surface area contributed by atoms with Gasteiger partial charge in [-0.2, -0.15) is 0 Å². The summed E-state index contributed by atoms with van der Waals surface area (Å²) in [5.41, 5.74) is 0. The van der Waals surface area contributed by atoms with E-state index in [1.54, 1.807) is 0 Å². The predicted octanol–water partition coefficient (Wildman–Crippen LogP) is -5.58. The number of ether oxygens (including phenoxy) is 5. The Kier molecular flexibility index (Phi) is 12.4. The van der Waals surface area contributed by atoms with Crippen molar-refractivity contribution < 1.29 is 79.5 Å². The van der Waals surface area contributed by atoms with Crippen LogP contribution in [0.1, 0.15) is 6.92 Å². The Bertz CT molecular complexity index is 788. The fourth-order valence-corrected chi connectivity index (χ4v) is 5.51. The van der Waals surface area contributed by atoms with Gasteiger partial charge in [0.1, 0.15) is 42.7 Å². The second kappa shape index (κ2) is 14.9. The minimum Gasteiger partial charge on any atom is -0.479 e. The number of hydrogen-bond acceptors (Lipinski definition) is 15. The first-order chi connectivity index (χ1) is 19.0. The molecule has 3 heterocycles. The van der Waals surface area contributed by atoms with Crippen LogP contribution in [-0.4, -0.2) is 177 Å². The molecule has 0 aliphatic carbocycles. The van der Waals surface area contributed by atoms with Gasteiger partial charge < -0.3 is 74.7 Å². The fourth-order valence-electron chi connectivity index (χ4n) is 5.51. The SMILES string of the molecule is CC1O[C@@H](COCC2[C@@H](O)C(CO)OC(CO)[C@H]2COCC2OC(C(=O)O)[C@H](CO)C(O)[C@@H]2O)C(O)C(O)[C@H]1O. The lowest BCUT2D eigenvalue weighted by Gasteiger charge is -2.45. The lowest BCUT2D eigenvalue weighted by Crippen LogP contribution is -2.59. The van der Waals surface area contributed by atoms with Crippen molar-refractivity contribution in [1.29, 1.82) is 0 Å². The molecular formula is C24H42O16. The maximum Gasteiger partial charge on any atom is 0.333 e. The van der Waals surface area contributed by atoms with Gasteiger partial charge in [-0.15, -0.1) is 0 Å². The van der Waals surface area contributed by atoms with Crippen molar-refractivity contribution in [3.63, 3.8) is 0 Å². The smallest absolute Gasteiger partial charge is 0.333 e. The molecule has 16 heteroatoms. The summed E-state index contributed by atoms with van der Waals surface area (Å²) in [6, 6.07) is 0. The van der Waals surface area contributed by atoms with Crippen LogP contribution in [0.5, 0.6) is 0 Å². The van der Waals surface area contributed by atoms with Crippen molar-refractivity contribution in [2.24, 2.45) is 17.8 Å². The van der Waals surface area contributed by atoms with Gasteiger partial charge in [0, 0.05) is 17.8 Å². The molecule has 234 valence electrons. The molecule has 3 aliphatic heterocycles. The molecule has 0 aromatic carbocycles. The summed E-state index contributed by atoms with van der Waals surface area (Å²) in [5, 5.41) is 100.0. The van der Waals surface area contributed by atoms with E-state index in [-0.39, 0.29) is 26.4 Å². The zero-order chi connectivity index (χ0) is 29.7. The Hall–Kier alpha value is -1.09. The van der Waals surface area contributed by atoms with Crippen LogP contribution in [0.25, 0.3) is 0 Å². The van der Waals surface area contributed by atoms with E-state index < -0.39 is 117 Å². The monoisotopic (exact) mass is 586 g/mol. The van der Waals surface area contributed by atoms with Crippen LogP contribution in [0.2, 0.25) is 0 Å². The van der Waals surface area contributed by atoms with E-state index in [0.717, 1.165) is 0 Å². The third-order valence-corrected chi connectivity index (χ3v) is 8.03. The largest absolute Gasteiger partial charge is 0.479 e. The third kappa shape index (κ3) is 7.27. The molecule has 3 aliphatic rings. The lowest BCUT2D eigenvalue weighted by molar-refractivity contribution is -0.242. The maximum atomic E-state index is 11.5. The molecule has 16 nitrogen and oxygen atoms in total. The van der Waals surface area contributed by atoms with Crippen LogP contribution in [0.3, 0.4) is 0 Å². The number of rotatable bonds is 12. The molecule has 3 saturated heterocycles. The van der Waals surface area contributed by atoms with E-state index in [1.807, 2.05) is 0 Å². The van der Waals surface area contributed by atoms with Gasteiger partial charge >= 0.3 is 5.97 Å². The summed E-state index contributed by atoms with van der Waals surface area (Å²) in [6.45, 7) is -1.27. The maximum absolute atomic E-state index is 11.5. The van der Waals surface area contributed by atoms with Crippen LogP contribution in [0.15, 0.2) is 0 Å². The Labute approximate surface area is 230 Å². The number of aliphatic carboxylic acids is 1. The third-order valence-electron chi connectivity index (χ3n) is 8.03. The molecular weight excluding hydrogens is 544 g/mol. The molecule has 0 aromatic heterocycles. The normalized spacial score (nSPS) is 46.3. The highest BCUT2D eigenvalue weighted by Crippen LogP contribution is 2.33. The van der Waals surface area contributed by atoms with Crippen LogP contribution >= 0.6 is 0 Å². The number of hydrogen-bond donors (Lipinski definition) is 10. The van der Waals surface area contributed by atoms with Gasteiger partial charge in [0.2, 0.25) is 0 Å². The highest BCUT2D eigenvalue weighted by molar-refractivity contribution is 5.73. The Morgan fingerprint density at radius 1 is 0.575 bits per heavy atom. The zero-order valence-electron chi connectivity index (χ0n) is 22.0. The number of carboxylic acid groups (broad SMARTS) is 1. The van der Waals surface area contributed by atoms with Crippen molar-refractivity contribution in [1.82, 2.24) is 0 Å². The fraction of sp³-hybridized carbons (Fsp3) is 0.958. The summed E-state index contributed by atoms with van der Waals surface area (Å²) in [7, 11) is 0. The Balaban J connectivity index is 1.64. The minimum atomic E-state index is -1.59. The molecule has 0 saturated carbocycles. The number of aliphatic hydroxyl groups is 9. The molecule has 0 amide bonds. The van der Waals surface area contributed by atoms with E-state index in [0.29, 0.717) is 0 Å². The average Bonchev–Trinajstić information content (AvgIpc) is 2.93. The first-order valence-corrected chi connectivity index (χ1v) is 13.2. The van der Waals surface area contributed by atoms with Crippen molar-refractivity contribution in [3.05, 3.63) is 0 Å². The predicted molar refractivity (Wildman–Crippen MR) is 129 cm³/mol. The molecule has 15 atom stereocenters. The zero-order valence-corrected chi connectivity index (χ0v) is 22.0. The molecule has 0 radical (unpaired) electrons. The summed E-state index contributed by atoms with van der Waals surface area (Å²) in [6.07, 6.45) is -15.2. The van der Waals surface area contributed by atoms with Crippen LogP contribution in [0.4, 0.5) is 0 Å². The lowest BCUT2D eigenvalue weighted by atomic mass is 9.80. The minimum absolute atomic E-state index is 0.175. The van der Waals surface area contributed by atoms with Gasteiger partial charge in [-0.05, 0) is 6.92 Å². The molecule has 40 heavy (non-hydrogen) atoms. The van der Waals surface area contributed by atoms with Crippen molar-refractivity contribution in [2.45, 2.75) is 80.2 Å². The first kappa shape index (κ1) is 33.4. The van der Waals surface area contributed by atoms with Crippen molar-refractivity contribution in [3.8, 4) is 0 Å². The number of carbonyl (C=O) groups is 1. The Morgan fingerprint density at radius 2 is 1.12 bits per heavy atom. The number of carboxylic acids is 1. The van der Waals surface area contributed by atoms with Crippen LogP contribution in [-0.2, 0) is 28.5 Å². The standard InChI is InChI=1S/C24H42O16/c1-9-17(28)22(33)21(32)15(38-9)7-37-6-12-11(13(3-26)39-14(4-27)18(12)29)5-36-8-16-20(31)19(30)10(2-25)23(40-16)24(34)35/h9-23,25-33H,2-8H2,1H3,(H,34,35)/t9?,10-,11+,12?,13?,14?,15+,16?,17+,18-,19?,20-,21?,22?,23?/m1/s1. The van der Waals surface area contributed by atoms with Crippen molar-refractivity contribution >= 4 is 5.97 Å². The quantitative estimate of drug-likeness (QED) is 0.102. The Morgan fingerprint density at radius 3 is 1.68 bits per heavy atom.